The van der Waals surface area contributed by atoms with E-state index in [1.54, 1.807) is 0 Å². The van der Waals surface area contributed by atoms with E-state index in [1.807, 2.05) is 23.1 Å². The monoisotopic (exact) mass is 750 g/mol. The molecule has 10 aromatic rings. The van der Waals surface area contributed by atoms with Gasteiger partial charge in [-0.2, -0.15) is 0 Å². The van der Waals surface area contributed by atoms with Gasteiger partial charge in [-0.15, -0.1) is 11.3 Å². The first-order chi connectivity index (χ1) is 27.8. The first kappa shape index (κ1) is 32.8. The summed E-state index contributed by atoms with van der Waals surface area (Å²) in [7, 11) is 0. The molecule has 11 rings (SSSR count). The Morgan fingerprint density at radius 3 is 1.45 bits per heavy atom. The van der Waals surface area contributed by atoms with Gasteiger partial charge in [-0.05, 0) is 119 Å². The topological polar surface area (TPSA) is 6.48 Å². The summed E-state index contributed by atoms with van der Waals surface area (Å²) in [6, 6.07) is 74.7. The largest absolute Gasteiger partial charge is 0.311 e. The van der Waals surface area contributed by atoms with Crippen LogP contribution < -0.4 is 9.80 Å². The molecule has 0 spiro atoms. The second kappa shape index (κ2) is 13.6. The maximum atomic E-state index is 2.45. The van der Waals surface area contributed by atoms with E-state index >= 15 is 0 Å². The van der Waals surface area contributed by atoms with Crippen LogP contribution in [0.25, 0.3) is 53.2 Å². The average molecular weight is 751 g/mol. The van der Waals surface area contributed by atoms with Crippen LogP contribution in [-0.4, -0.2) is 0 Å². The molecule has 4 heteroatoms. The maximum Gasteiger partial charge on any atom is 0.0473 e. The Balaban J connectivity index is 0.987. The molecule has 0 fully saturated rings. The van der Waals surface area contributed by atoms with Crippen LogP contribution in [0.2, 0.25) is 0 Å². The molecule has 264 valence electrons. The van der Waals surface area contributed by atoms with Gasteiger partial charge in [-0.3, -0.25) is 0 Å². The highest BCUT2D eigenvalue weighted by Crippen LogP contribution is 2.53. The zero-order valence-electron chi connectivity index (χ0n) is 30.3. The van der Waals surface area contributed by atoms with Crippen LogP contribution in [0.4, 0.5) is 34.1 Å². The highest BCUT2D eigenvalue weighted by molar-refractivity contribution is 7.99. The van der Waals surface area contributed by atoms with Crippen LogP contribution in [0.1, 0.15) is 0 Å². The van der Waals surface area contributed by atoms with Crippen molar-refractivity contribution in [3.63, 3.8) is 0 Å². The Kier molecular flexibility index (Phi) is 7.97. The molecule has 0 saturated carbocycles. The predicted molar refractivity (Wildman–Crippen MR) is 241 cm³/mol. The van der Waals surface area contributed by atoms with Gasteiger partial charge in [-0.1, -0.05) is 127 Å². The van der Waals surface area contributed by atoms with Gasteiger partial charge in [-0.25, -0.2) is 0 Å². The van der Waals surface area contributed by atoms with Crippen LogP contribution in [-0.2, 0) is 0 Å². The molecule has 0 atom stereocenters. The molecule has 1 aliphatic heterocycles. The van der Waals surface area contributed by atoms with Crippen molar-refractivity contribution in [2.75, 3.05) is 9.80 Å². The molecule has 2 nitrogen and oxygen atoms in total. The number of benzene rings is 9. The lowest BCUT2D eigenvalue weighted by atomic mass is 9.94. The number of hydrogen-bond acceptors (Lipinski definition) is 4. The normalized spacial score (nSPS) is 11.9. The highest BCUT2D eigenvalue weighted by atomic mass is 32.2. The Labute approximate surface area is 334 Å². The Morgan fingerprint density at radius 1 is 0.304 bits per heavy atom. The summed E-state index contributed by atoms with van der Waals surface area (Å²) in [6.07, 6.45) is 0. The van der Waals surface area contributed by atoms with Crippen molar-refractivity contribution in [3.05, 3.63) is 206 Å². The first-order valence-corrected chi connectivity index (χ1v) is 20.6. The summed E-state index contributed by atoms with van der Waals surface area (Å²) in [5, 5.41) is 5.36. The molecule has 2 heterocycles. The molecule has 0 amide bonds. The number of hydrogen-bond donors (Lipinski definition) is 0. The molecule has 1 aromatic heterocycles. The van der Waals surface area contributed by atoms with Gasteiger partial charge < -0.3 is 9.80 Å². The van der Waals surface area contributed by atoms with Crippen molar-refractivity contribution >= 4 is 88.2 Å². The van der Waals surface area contributed by atoms with E-state index in [4.69, 9.17) is 0 Å². The molecule has 9 aromatic carbocycles. The Bertz CT molecular complexity index is 2950. The van der Waals surface area contributed by atoms with Gasteiger partial charge in [0.25, 0.3) is 0 Å². The van der Waals surface area contributed by atoms with Gasteiger partial charge >= 0.3 is 0 Å². The molecule has 0 N–H and O–H groups in total. The minimum Gasteiger partial charge on any atom is -0.311 e. The molecular weight excluding hydrogens is 717 g/mol. The van der Waals surface area contributed by atoms with Gasteiger partial charge in [0.05, 0.1) is 0 Å². The van der Waals surface area contributed by atoms with Crippen LogP contribution in [0.3, 0.4) is 0 Å². The summed E-state index contributed by atoms with van der Waals surface area (Å²) < 4.78 is 2.63. The Morgan fingerprint density at radius 2 is 0.839 bits per heavy atom. The van der Waals surface area contributed by atoms with Crippen molar-refractivity contribution in [1.82, 2.24) is 0 Å². The fourth-order valence-corrected chi connectivity index (χ4v) is 10.6. The van der Waals surface area contributed by atoms with Crippen molar-refractivity contribution in [2.24, 2.45) is 0 Å². The van der Waals surface area contributed by atoms with Crippen molar-refractivity contribution in [1.29, 1.82) is 0 Å². The van der Waals surface area contributed by atoms with Gasteiger partial charge in [0, 0.05) is 69.5 Å². The molecule has 0 unspecified atom stereocenters. The molecule has 1 aliphatic rings. The maximum absolute atomic E-state index is 2.45. The number of fused-ring (bicyclic) bond motifs is 6. The van der Waals surface area contributed by atoms with E-state index in [-0.39, 0.29) is 0 Å². The van der Waals surface area contributed by atoms with Gasteiger partial charge in [0.2, 0.25) is 0 Å². The summed E-state index contributed by atoms with van der Waals surface area (Å²) in [5.41, 5.74) is 11.9. The number of anilines is 6. The molecule has 0 radical (unpaired) electrons. The van der Waals surface area contributed by atoms with E-state index in [0.29, 0.717) is 0 Å². The minimum atomic E-state index is 1.13. The zero-order chi connectivity index (χ0) is 37.0. The number of nitrogens with zero attached hydrogens (tertiary/aromatic N) is 2. The summed E-state index contributed by atoms with van der Waals surface area (Å²) in [4.78, 5) is 7.25. The van der Waals surface area contributed by atoms with E-state index < -0.39 is 0 Å². The van der Waals surface area contributed by atoms with Crippen molar-refractivity contribution < 1.29 is 0 Å². The van der Waals surface area contributed by atoms with Gasteiger partial charge in [0.1, 0.15) is 0 Å². The SMILES string of the molecule is c1ccc(N(c2ccccc2)c2ccc(-c3ccc4c(c3)sc3cc5c6c(cccc6c34)Sc3cc(N(c4ccccc4)c4ccccc4)ccc3-5)cc2)cc1. The smallest absolute Gasteiger partial charge is 0.0473 e. The quantitative estimate of drug-likeness (QED) is 0.160. The number of para-hydroxylation sites is 4. The third-order valence-corrected chi connectivity index (χ3v) is 13.0. The summed E-state index contributed by atoms with van der Waals surface area (Å²) in [6.45, 7) is 0. The molecule has 56 heavy (non-hydrogen) atoms. The van der Waals surface area contributed by atoms with Gasteiger partial charge in [0.15, 0.2) is 0 Å². The zero-order valence-corrected chi connectivity index (χ0v) is 32.0. The first-order valence-electron chi connectivity index (χ1n) is 18.9. The Hall–Kier alpha value is -6.59. The number of thiophene rings is 1. The standard InChI is InChI=1S/C52H34N2S2/c1-5-14-37(15-6-1)53(38-16-7-2-8-17-38)41-27-24-35(25-28-41)36-26-30-44-48(32-36)56-50-34-46-43-31-29-42(33-49(43)55-47-23-13-22-45(51(44)50)52(46)47)54(39-18-9-3-10-19-39)40-20-11-4-12-21-40/h1-34H. The second-order valence-electron chi connectivity index (χ2n) is 14.1. The molecule has 0 bridgehead atoms. The summed E-state index contributed by atoms with van der Waals surface area (Å²) >= 11 is 3.79. The van der Waals surface area contributed by atoms with Crippen LogP contribution in [0, 0.1) is 0 Å². The third-order valence-electron chi connectivity index (χ3n) is 10.8. The van der Waals surface area contributed by atoms with Crippen LogP contribution in [0.5, 0.6) is 0 Å². The van der Waals surface area contributed by atoms with Crippen LogP contribution in [0.15, 0.2) is 216 Å². The van der Waals surface area contributed by atoms with E-state index in [2.05, 4.69) is 216 Å². The van der Waals surface area contributed by atoms with Crippen molar-refractivity contribution in [2.45, 2.75) is 9.79 Å². The fraction of sp³-hybridized carbons (Fsp3) is 0. The van der Waals surface area contributed by atoms with E-state index in [1.165, 1.54) is 63.0 Å². The van der Waals surface area contributed by atoms with E-state index in [9.17, 15) is 0 Å². The molecular formula is C52H34N2S2. The van der Waals surface area contributed by atoms with Crippen LogP contribution >= 0.6 is 23.1 Å². The predicted octanol–water partition coefficient (Wildman–Crippen LogP) is 15.9. The lowest BCUT2D eigenvalue weighted by Gasteiger charge is -2.28. The average Bonchev–Trinajstić information content (AvgIpc) is 3.64. The number of rotatable bonds is 7. The lowest BCUT2D eigenvalue weighted by Crippen LogP contribution is -2.10. The third kappa shape index (κ3) is 5.57. The van der Waals surface area contributed by atoms with Crippen molar-refractivity contribution in [3.8, 4) is 22.3 Å². The highest BCUT2D eigenvalue weighted by Gasteiger charge is 2.24. The van der Waals surface area contributed by atoms with E-state index in [0.717, 1.165) is 34.1 Å². The molecule has 0 aliphatic carbocycles. The molecule has 0 saturated heterocycles. The lowest BCUT2D eigenvalue weighted by molar-refractivity contribution is 1.26. The summed E-state index contributed by atoms with van der Waals surface area (Å²) in [5.74, 6) is 0. The minimum absolute atomic E-state index is 1.13. The fourth-order valence-electron chi connectivity index (χ4n) is 8.27. The second-order valence-corrected chi connectivity index (χ2v) is 16.3.